The Morgan fingerprint density at radius 1 is 1.05 bits per heavy atom. The van der Waals surface area contributed by atoms with Gasteiger partial charge in [0.1, 0.15) is 0 Å². The lowest BCUT2D eigenvalue weighted by molar-refractivity contribution is 0.281. The fraction of sp³-hybridized carbons (Fsp3) is 0.500. The first-order valence-corrected chi connectivity index (χ1v) is 7.19. The lowest BCUT2D eigenvalue weighted by atomic mass is 9.80. The minimum Gasteiger partial charge on any atom is -0.380 e. The van der Waals surface area contributed by atoms with Crippen LogP contribution < -0.4 is 5.32 Å². The van der Waals surface area contributed by atoms with Gasteiger partial charge in [-0.15, -0.1) is 0 Å². The highest BCUT2D eigenvalue weighted by molar-refractivity contribution is 5.90. The van der Waals surface area contributed by atoms with Gasteiger partial charge in [-0.2, -0.15) is 10.2 Å². The highest BCUT2D eigenvalue weighted by Crippen LogP contribution is 2.31. The molecule has 0 bridgehead atoms. The monoisotopic (exact) mass is 255 g/mol. The summed E-state index contributed by atoms with van der Waals surface area (Å²) in [6, 6.07) is 8.75. The smallest absolute Gasteiger partial charge is 0.0950 e. The summed E-state index contributed by atoms with van der Waals surface area (Å²) >= 11 is 0. The number of nitrogens with zero attached hydrogens (tertiary/aromatic N) is 2. The average molecular weight is 255 g/mol. The zero-order valence-electron chi connectivity index (χ0n) is 11.6. The number of nitrogens with one attached hydrogen (secondary N) is 1. The van der Waals surface area contributed by atoms with E-state index < -0.39 is 0 Å². The molecule has 3 nitrogen and oxygen atoms in total. The van der Waals surface area contributed by atoms with Crippen LogP contribution in [0.3, 0.4) is 0 Å². The van der Waals surface area contributed by atoms with Gasteiger partial charge in [0.05, 0.1) is 17.4 Å². The Labute approximate surface area is 114 Å². The summed E-state index contributed by atoms with van der Waals surface area (Å²) in [5.41, 5.74) is 2.08. The van der Waals surface area contributed by atoms with Crippen LogP contribution in [0.1, 0.15) is 33.1 Å². The molecule has 2 atom stereocenters. The van der Waals surface area contributed by atoms with Crippen molar-refractivity contribution in [1.82, 2.24) is 10.2 Å². The molecule has 1 heterocycles. The maximum Gasteiger partial charge on any atom is 0.0950 e. The molecule has 1 fully saturated rings. The zero-order chi connectivity index (χ0) is 13.2. The molecule has 19 heavy (non-hydrogen) atoms. The summed E-state index contributed by atoms with van der Waals surface area (Å²) in [7, 11) is 0. The minimum absolute atomic E-state index is 0.561. The van der Waals surface area contributed by atoms with Gasteiger partial charge >= 0.3 is 0 Å². The molecule has 0 aliphatic heterocycles. The summed E-state index contributed by atoms with van der Waals surface area (Å²) in [6.45, 7) is 4.71. The molecule has 2 aromatic rings. The predicted octanol–water partition coefficient (Wildman–Crippen LogP) is 3.87. The van der Waals surface area contributed by atoms with E-state index in [1.807, 2.05) is 18.3 Å². The van der Waals surface area contributed by atoms with Crippen LogP contribution >= 0.6 is 0 Å². The van der Waals surface area contributed by atoms with Gasteiger partial charge in [0.15, 0.2) is 0 Å². The zero-order valence-corrected chi connectivity index (χ0v) is 11.6. The molecule has 1 aliphatic carbocycles. The number of aromatic nitrogens is 2. The fourth-order valence-corrected chi connectivity index (χ4v) is 3.41. The molecule has 1 aromatic carbocycles. The van der Waals surface area contributed by atoms with Crippen molar-refractivity contribution in [2.75, 3.05) is 5.32 Å². The van der Waals surface area contributed by atoms with E-state index in [4.69, 9.17) is 0 Å². The molecule has 1 N–H and O–H groups in total. The van der Waals surface area contributed by atoms with Crippen LogP contribution in [0.15, 0.2) is 30.5 Å². The molecule has 0 spiro atoms. The molecule has 0 saturated heterocycles. The van der Waals surface area contributed by atoms with Gasteiger partial charge in [0, 0.05) is 11.4 Å². The number of hydrogen-bond acceptors (Lipinski definition) is 3. The predicted molar refractivity (Wildman–Crippen MR) is 79.1 cm³/mol. The highest BCUT2D eigenvalue weighted by Gasteiger charge is 2.24. The van der Waals surface area contributed by atoms with Crippen molar-refractivity contribution in [3.05, 3.63) is 30.5 Å². The van der Waals surface area contributed by atoms with Crippen molar-refractivity contribution < 1.29 is 0 Å². The second kappa shape index (κ2) is 5.16. The standard InChI is InChI=1S/C16H21N3/c1-11-7-12(2)9-13(8-11)18-16-10-17-19-15-6-4-3-5-14(15)16/h3-6,10-13H,7-9H2,1-2H3,(H,18,19). The van der Waals surface area contributed by atoms with E-state index in [-0.39, 0.29) is 0 Å². The highest BCUT2D eigenvalue weighted by atomic mass is 15.1. The summed E-state index contributed by atoms with van der Waals surface area (Å²) in [4.78, 5) is 0. The van der Waals surface area contributed by atoms with E-state index in [0.717, 1.165) is 23.0 Å². The van der Waals surface area contributed by atoms with E-state index in [9.17, 15) is 0 Å². The van der Waals surface area contributed by atoms with Crippen LogP contribution in [0.4, 0.5) is 5.69 Å². The number of fused-ring (bicyclic) bond motifs is 1. The molecule has 1 aliphatic rings. The molecular formula is C16H21N3. The Bertz CT molecular complexity index is 551. The third kappa shape index (κ3) is 2.70. The Kier molecular flexibility index (Phi) is 3.36. The van der Waals surface area contributed by atoms with Gasteiger partial charge in [-0.25, -0.2) is 0 Å². The molecule has 0 amide bonds. The first-order chi connectivity index (χ1) is 9.22. The lowest BCUT2D eigenvalue weighted by Crippen LogP contribution is -2.30. The number of anilines is 1. The van der Waals surface area contributed by atoms with Gasteiger partial charge in [-0.1, -0.05) is 32.0 Å². The first kappa shape index (κ1) is 12.4. The molecule has 3 heteroatoms. The van der Waals surface area contributed by atoms with Crippen molar-refractivity contribution in [3.8, 4) is 0 Å². The summed E-state index contributed by atoms with van der Waals surface area (Å²) in [5, 5.41) is 13.1. The Morgan fingerprint density at radius 3 is 2.58 bits per heavy atom. The molecule has 1 aromatic heterocycles. The lowest BCUT2D eigenvalue weighted by Gasteiger charge is -2.32. The van der Waals surface area contributed by atoms with Gasteiger partial charge in [-0.05, 0) is 37.2 Å². The largest absolute Gasteiger partial charge is 0.380 e. The van der Waals surface area contributed by atoms with Crippen molar-refractivity contribution in [1.29, 1.82) is 0 Å². The average Bonchev–Trinajstić information content (AvgIpc) is 2.38. The quantitative estimate of drug-likeness (QED) is 0.885. The molecule has 3 rings (SSSR count). The van der Waals surface area contributed by atoms with E-state index >= 15 is 0 Å². The van der Waals surface area contributed by atoms with Crippen molar-refractivity contribution in [3.63, 3.8) is 0 Å². The topological polar surface area (TPSA) is 37.8 Å². The van der Waals surface area contributed by atoms with E-state index in [0.29, 0.717) is 6.04 Å². The minimum atomic E-state index is 0.561. The van der Waals surface area contributed by atoms with Crippen molar-refractivity contribution >= 4 is 16.6 Å². The maximum absolute atomic E-state index is 4.17. The van der Waals surface area contributed by atoms with Crippen LogP contribution in [0.5, 0.6) is 0 Å². The molecular weight excluding hydrogens is 234 g/mol. The van der Waals surface area contributed by atoms with Crippen LogP contribution in [0.2, 0.25) is 0 Å². The first-order valence-electron chi connectivity index (χ1n) is 7.19. The third-order valence-electron chi connectivity index (χ3n) is 4.08. The second-order valence-corrected chi connectivity index (χ2v) is 6.03. The second-order valence-electron chi connectivity index (χ2n) is 6.03. The molecule has 1 saturated carbocycles. The summed E-state index contributed by atoms with van der Waals surface area (Å²) < 4.78 is 0. The summed E-state index contributed by atoms with van der Waals surface area (Å²) in [5.74, 6) is 1.62. The normalized spacial score (nSPS) is 27.4. The van der Waals surface area contributed by atoms with Gasteiger partial charge in [-0.3, -0.25) is 0 Å². The maximum atomic E-state index is 4.17. The Balaban J connectivity index is 1.85. The van der Waals surface area contributed by atoms with Gasteiger partial charge < -0.3 is 5.32 Å². The molecule has 2 unspecified atom stereocenters. The fourth-order valence-electron chi connectivity index (χ4n) is 3.41. The number of benzene rings is 1. The van der Waals surface area contributed by atoms with Crippen LogP contribution in [-0.4, -0.2) is 16.2 Å². The number of rotatable bonds is 2. The van der Waals surface area contributed by atoms with Gasteiger partial charge in [0.2, 0.25) is 0 Å². The number of hydrogen-bond donors (Lipinski definition) is 1. The van der Waals surface area contributed by atoms with Crippen LogP contribution in [-0.2, 0) is 0 Å². The van der Waals surface area contributed by atoms with E-state index in [1.165, 1.54) is 24.6 Å². The SMILES string of the molecule is CC1CC(C)CC(Nc2cnnc3ccccc23)C1. The van der Waals surface area contributed by atoms with Gasteiger partial charge in [0.25, 0.3) is 0 Å². The Hall–Kier alpha value is -1.64. The Morgan fingerprint density at radius 2 is 1.79 bits per heavy atom. The third-order valence-corrected chi connectivity index (χ3v) is 4.08. The van der Waals surface area contributed by atoms with E-state index in [1.54, 1.807) is 0 Å². The van der Waals surface area contributed by atoms with E-state index in [2.05, 4.69) is 41.5 Å². The van der Waals surface area contributed by atoms with Crippen LogP contribution in [0.25, 0.3) is 10.9 Å². The van der Waals surface area contributed by atoms with Crippen LogP contribution in [0, 0.1) is 11.8 Å². The summed E-state index contributed by atoms with van der Waals surface area (Å²) in [6.07, 6.45) is 5.71. The molecule has 0 radical (unpaired) electrons. The van der Waals surface area contributed by atoms with Crippen molar-refractivity contribution in [2.24, 2.45) is 11.8 Å². The van der Waals surface area contributed by atoms with Crippen molar-refractivity contribution in [2.45, 2.75) is 39.2 Å². The molecule has 100 valence electrons.